The first-order chi connectivity index (χ1) is 7.20. The predicted octanol–water partition coefficient (Wildman–Crippen LogP) is 2.69. The molecule has 15 heavy (non-hydrogen) atoms. The Morgan fingerprint density at radius 2 is 1.87 bits per heavy atom. The van der Waals surface area contributed by atoms with Crippen molar-refractivity contribution in [2.45, 2.75) is 25.8 Å². The number of fused-ring (bicyclic) bond motifs is 1. The highest BCUT2D eigenvalue weighted by atomic mass is 14.7. The summed E-state index contributed by atoms with van der Waals surface area (Å²) in [6, 6.07) is 10.5. The van der Waals surface area contributed by atoms with Crippen molar-refractivity contribution in [2.24, 2.45) is 5.73 Å². The van der Waals surface area contributed by atoms with Crippen molar-refractivity contribution in [2.75, 3.05) is 0 Å². The number of hydrogen-bond acceptors (Lipinski definition) is 2. The third-order valence-corrected chi connectivity index (χ3v) is 2.92. The van der Waals surface area contributed by atoms with E-state index in [-0.39, 0.29) is 12.0 Å². The first-order valence-corrected chi connectivity index (χ1v) is 5.29. The highest BCUT2D eigenvalue weighted by Gasteiger charge is 2.14. The van der Waals surface area contributed by atoms with Crippen LogP contribution in [-0.4, -0.2) is 11.0 Å². The summed E-state index contributed by atoms with van der Waals surface area (Å²) in [5.41, 5.74) is 7.02. The second-order valence-corrected chi connectivity index (χ2v) is 4.07. The number of benzene rings is 1. The van der Waals surface area contributed by atoms with Gasteiger partial charge in [-0.2, -0.15) is 0 Å². The Labute approximate surface area is 90.1 Å². The zero-order chi connectivity index (χ0) is 10.8. The fourth-order valence-electron chi connectivity index (χ4n) is 1.75. The summed E-state index contributed by atoms with van der Waals surface area (Å²) in [5, 5.41) is 2.44. The second-order valence-electron chi connectivity index (χ2n) is 4.07. The van der Waals surface area contributed by atoms with Crippen LogP contribution in [0.1, 0.15) is 25.5 Å². The minimum Gasteiger partial charge on any atom is -0.327 e. The van der Waals surface area contributed by atoms with Gasteiger partial charge in [0.15, 0.2) is 0 Å². The number of hydrogen-bond donors (Lipinski definition) is 1. The largest absolute Gasteiger partial charge is 0.327 e. The number of aromatic nitrogens is 1. The summed E-state index contributed by atoms with van der Waals surface area (Å²) in [7, 11) is 0. The van der Waals surface area contributed by atoms with E-state index in [1.165, 1.54) is 10.8 Å². The lowest BCUT2D eigenvalue weighted by atomic mass is 9.95. The third-order valence-electron chi connectivity index (χ3n) is 2.92. The molecule has 0 radical (unpaired) electrons. The van der Waals surface area contributed by atoms with Crippen LogP contribution >= 0.6 is 0 Å². The van der Waals surface area contributed by atoms with Crippen LogP contribution in [0.2, 0.25) is 0 Å². The van der Waals surface area contributed by atoms with Crippen molar-refractivity contribution in [1.82, 2.24) is 4.98 Å². The Hall–Kier alpha value is -1.41. The van der Waals surface area contributed by atoms with E-state index in [0.29, 0.717) is 0 Å². The molecule has 2 heteroatoms. The molecular formula is C13H16N2. The maximum Gasteiger partial charge on any atom is 0.0525 e. The number of rotatable bonds is 2. The molecule has 0 bridgehead atoms. The second kappa shape index (κ2) is 3.99. The molecule has 0 amide bonds. The fraction of sp³-hybridized carbons (Fsp3) is 0.308. The number of nitrogens with zero attached hydrogens (tertiary/aromatic N) is 1. The van der Waals surface area contributed by atoms with E-state index in [1.54, 1.807) is 0 Å². The molecule has 0 spiro atoms. The van der Waals surface area contributed by atoms with Gasteiger partial charge in [-0.15, -0.1) is 0 Å². The molecule has 0 aliphatic heterocycles. The van der Waals surface area contributed by atoms with Gasteiger partial charge in [0.2, 0.25) is 0 Å². The van der Waals surface area contributed by atoms with Gasteiger partial charge in [0.25, 0.3) is 0 Å². The van der Waals surface area contributed by atoms with Crippen LogP contribution < -0.4 is 5.73 Å². The molecular weight excluding hydrogens is 184 g/mol. The van der Waals surface area contributed by atoms with Gasteiger partial charge in [-0.1, -0.05) is 31.2 Å². The molecule has 2 atom stereocenters. The molecule has 1 aromatic carbocycles. The average Bonchev–Trinajstić information content (AvgIpc) is 2.27. The maximum absolute atomic E-state index is 5.92. The summed E-state index contributed by atoms with van der Waals surface area (Å²) in [5.74, 6) is 0.288. The van der Waals surface area contributed by atoms with E-state index >= 15 is 0 Å². The monoisotopic (exact) mass is 200 g/mol. The maximum atomic E-state index is 5.92. The summed E-state index contributed by atoms with van der Waals surface area (Å²) < 4.78 is 0. The lowest BCUT2D eigenvalue weighted by Gasteiger charge is -2.16. The Morgan fingerprint density at radius 3 is 2.60 bits per heavy atom. The van der Waals surface area contributed by atoms with Gasteiger partial charge in [0.1, 0.15) is 0 Å². The zero-order valence-electron chi connectivity index (χ0n) is 9.14. The van der Waals surface area contributed by atoms with Crippen LogP contribution in [0.3, 0.4) is 0 Å². The minimum atomic E-state index is 0.128. The third kappa shape index (κ3) is 1.85. The van der Waals surface area contributed by atoms with Crippen molar-refractivity contribution in [3.63, 3.8) is 0 Å². The molecule has 1 aromatic heterocycles. The molecule has 2 rings (SSSR count). The minimum absolute atomic E-state index is 0.128. The van der Waals surface area contributed by atoms with E-state index in [4.69, 9.17) is 5.73 Å². The van der Waals surface area contributed by atoms with Gasteiger partial charge in [-0.05, 0) is 18.4 Å². The number of nitrogens with two attached hydrogens (primary N) is 1. The standard InChI is InChI=1S/C13H16N2/c1-9(10(2)14)13-12-6-4-3-5-11(12)7-8-15-13/h3-10H,14H2,1-2H3. The Kier molecular flexibility index (Phi) is 2.69. The molecule has 0 saturated heterocycles. The van der Waals surface area contributed by atoms with E-state index in [9.17, 15) is 0 Å². The quantitative estimate of drug-likeness (QED) is 0.809. The van der Waals surface area contributed by atoms with Crippen molar-refractivity contribution in [3.8, 4) is 0 Å². The molecule has 0 aliphatic rings. The Balaban J connectivity index is 2.60. The Bertz CT molecular complexity index is 458. The smallest absolute Gasteiger partial charge is 0.0525 e. The van der Waals surface area contributed by atoms with Crippen molar-refractivity contribution >= 4 is 10.8 Å². The van der Waals surface area contributed by atoms with Gasteiger partial charge < -0.3 is 5.73 Å². The number of pyridine rings is 1. The molecule has 2 aromatic rings. The van der Waals surface area contributed by atoms with Gasteiger partial charge in [0.05, 0.1) is 5.69 Å². The highest BCUT2D eigenvalue weighted by Crippen LogP contribution is 2.24. The average molecular weight is 200 g/mol. The zero-order valence-corrected chi connectivity index (χ0v) is 9.14. The van der Waals surface area contributed by atoms with Crippen LogP contribution in [0.15, 0.2) is 36.5 Å². The summed E-state index contributed by atoms with van der Waals surface area (Å²) in [4.78, 5) is 4.45. The molecule has 2 unspecified atom stereocenters. The first kappa shape index (κ1) is 10.1. The van der Waals surface area contributed by atoms with E-state index < -0.39 is 0 Å². The van der Waals surface area contributed by atoms with Gasteiger partial charge in [-0.25, -0.2) is 0 Å². The fourth-order valence-corrected chi connectivity index (χ4v) is 1.75. The van der Waals surface area contributed by atoms with Crippen LogP contribution in [0.4, 0.5) is 0 Å². The van der Waals surface area contributed by atoms with E-state index in [0.717, 1.165) is 5.69 Å². The van der Waals surface area contributed by atoms with Crippen LogP contribution in [0, 0.1) is 0 Å². The molecule has 1 heterocycles. The van der Waals surface area contributed by atoms with Gasteiger partial charge >= 0.3 is 0 Å². The van der Waals surface area contributed by atoms with Crippen molar-refractivity contribution in [3.05, 3.63) is 42.2 Å². The molecule has 2 N–H and O–H groups in total. The highest BCUT2D eigenvalue weighted by molar-refractivity contribution is 5.84. The lowest BCUT2D eigenvalue weighted by molar-refractivity contribution is 0.603. The SMILES string of the molecule is CC(N)C(C)c1nccc2ccccc12. The summed E-state index contributed by atoms with van der Waals surface area (Å²) >= 11 is 0. The van der Waals surface area contributed by atoms with E-state index in [2.05, 4.69) is 24.0 Å². The van der Waals surface area contributed by atoms with Gasteiger partial charge in [-0.3, -0.25) is 4.98 Å². The summed E-state index contributed by atoms with van der Waals surface area (Å²) in [6.07, 6.45) is 1.86. The van der Waals surface area contributed by atoms with Crippen LogP contribution in [-0.2, 0) is 0 Å². The lowest BCUT2D eigenvalue weighted by Crippen LogP contribution is -2.23. The molecule has 0 aliphatic carbocycles. The van der Waals surface area contributed by atoms with Crippen LogP contribution in [0.25, 0.3) is 10.8 Å². The normalized spacial score (nSPS) is 15.1. The van der Waals surface area contributed by atoms with Crippen molar-refractivity contribution < 1.29 is 0 Å². The first-order valence-electron chi connectivity index (χ1n) is 5.29. The summed E-state index contributed by atoms with van der Waals surface area (Å²) in [6.45, 7) is 4.15. The predicted molar refractivity (Wildman–Crippen MR) is 63.8 cm³/mol. The molecule has 0 fully saturated rings. The van der Waals surface area contributed by atoms with Crippen LogP contribution in [0.5, 0.6) is 0 Å². The van der Waals surface area contributed by atoms with Gasteiger partial charge in [0, 0.05) is 23.5 Å². The molecule has 78 valence electrons. The topological polar surface area (TPSA) is 38.9 Å². The van der Waals surface area contributed by atoms with E-state index in [1.807, 2.05) is 31.3 Å². The van der Waals surface area contributed by atoms with Crippen molar-refractivity contribution in [1.29, 1.82) is 0 Å². The molecule has 2 nitrogen and oxygen atoms in total. The molecule has 0 saturated carbocycles. The Morgan fingerprint density at radius 1 is 1.13 bits per heavy atom.